The van der Waals surface area contributed by atoms with Gasteiger partial charge in [-0.3, -0.25) is 0 Å². The highest BCUT2D eigenvalue weighted by atomic mass is 16.3. The van der Waals surface area contributed by atoms with Gasteiger partial charge in [0, 0.05) is 12.6 Å². The Kier molecular flexibility index (Phi) is 3.46. The van der Waals surface area contributed by atoms with Gasteiger partial charge in [0.15, 0.2) is 0 Å². The predicted octanol–water partition coefficient (Wildman–Crippen LogP) is 1.81. The zero-order valence-corrected chi connectivity index (χ0v) is 9.56. The molecule has 0 radical (unpaired) electrons. The summed E-state index contributed by atoms with van der Waals surface area (Å²) in [5, 5.41) is 22.2. The molecule has 3 N–H and O–H groups in total. The van der Waals surface area contributed by atoms with Gasteiger partial charge < -0.3 is 15.5 Å². The number of rotatable bonds is 5. The van der Waals surface area contributed by atoms with Gasteiger partial charge in [0.2, 0.25) is 0 Å². The molecule has 1 fully saturated rings. The van der Waals surface area contributed by atoms with Crippen LogP contribution in [-0.4, -0.2) is 22.9 Å². The Morgan fingerprint density at radius 1 is 1.31 bits per heavy atom. The van der Waals surface area contributed by atoms with Crippen molar-refractivity contribution in [2.75, 3.05) is 6.54 Å². The lowest BCUT2D eigenvalue weighted by Gasteiger charge is -2.17. The van der Waals surface area contributed by atoms with E-state index in [0.717, 1.165) is 18.4 Å². The number of hydrogen-bond acceptors (Lipinski definition) is 3. The van der Waals surface area contributed by atoms with Crippen LogP contribution in [0.1, 0.15) is 31.4 Å². The van der Waals surface area contributed by atoms with Crippen LogP contribution < -0.4 is 5.32 Å². The summed E-state index contributed by atoms with van der Waals surface area (Å²) in [4.78, 5) is 0. The summed E-state index contributed by atoms with van der Waals surface area (Å²) in [5.41, 5.74) is 1.13. The van der Waals surface area contributed by atoms with Crippen molar-refractivity contribution in [3.63, 3.8) is 0 Å². The maximum atomic E-state index is 9.73. The van der Waals surface area contributed by atoms with E-state index in [1.165, 1.54) is 0 Å². The summed E-state index contributed by atoms with van der Waals surface area (Å²) in [6.45, 7) is 2.71. The summed E-state index contributed by atoms with van der Waals surface area (Å²) < 4.78 is 0. The van der Waals surface area contributed by atoms with E-state index in [4.69, 9.17) is 0 Å². The van der Waals surface area contributed by atoms with Crippen LogP contribution in [0.5, 0.6) is 5.75 Å². The smallest absolute Gasteiger partial charge is 0.115 e. The first-order valence-corrected chi connectivity index (χ1v) is 5.87. The number of phenols is 1. The van der Waals surface area contributed by atoms with Gasteiger partial charge in [-0.1, -0.05) is 12.1 Å². The maximum absolute atomic E-state index is 9.73. The Balaban J connectivity index is 1.82. The monoisotopic (exact) mass is 221 g/mol. The molecule has 0 aliphatic heterocycles. The summed E-state index contributed by atoms with van der Waals surface area (Å²) in [7, 11) is 0. The highest BCUT2D eigenvalue weighted by molar-refractivity contribution is 5.27. The van der Waals surface area contributed by atoms with E-state index in [9.17, 15) is 10.2 Å². The molecule has 1 aliphatic carbocycles. The number of nitrogens with one attached hydrogen (secondary N) is 1. The molecule has 2 atom stereocenters. The third-order valence-corrected chi connectivity index (χ3v) is 3.19. The highest BCUT2D eigenvalue weighted by Gasteiger charge is 2.29. The Morgan fingerprint density at radius 3 is 2.50 bits per heavy atom. The lowest BCUT2D eigenvalue weighted by atomic mass is 10.1. The standard InChI is InChI=1S/C13H19NO2/c1-9(10-4-6-12(15)7-5-10)14-8-13(16)11-2-3-11/h4-7,9,11,13-16H,2-3,8H2,1H3. The van der Waals surface area contributed by atoms with Gasteiger partial charge in [-0.25, -0.2) is 0 Å². The normalized spacial score (nSPS) is 19.4. The van der Waals surface area contributed by atoms with E-state index in [0.29, 0.717) is 12.5 Å². The van der Waals surface area contributed by atoms with Gasteiger partial charge in [0.1, 0.15) is 5.75 Å². The second-order valence-electron chi connectivity index (χ2n) is 4.63. The third kappa shape index (κ3) is 2.97. The first-order valence-electron chi connectivity index (χ1n) is 5.87. The molecular weight excluding hydrogens is 202 g/mol. The number of aliphatic hydroxyl groups is 1. The van der Waals surface area contributed by atoms with Crippen LogP contribution in [-0.2, 0) is 0 Å². The molecule has 1 aliphatic rings. The second-order valence-corrected chi connectivity index (χ2v) is 4.63. The first kappa shape index (κ1) is 11.4. The van der Waals surface area contributed by atoms with Crippen molar-refractivity contribution in [1.82, 2.24) is 5.32 Å². The van der Waals surface area contributed by atoms with E-state index in [1.54, 1.807) is 12.1 Å². The molecular formula is C13H19NO2. The van der Waals surface area contributed by atoms with E-state index in [1.807, 2.05) is 12.1 Å². The fraction of sp³-hybridized carbons (Fsp3) is 0.538. The number of aromatic hydroxyl groups is 1. The van der Waals surface area contributed by atoms with Crippen molar-refractivity contribution in [3.05, 3.63) is 29.8 Å². The average Bonchev–Trinajstić information content (AvgIpc) is 3.10. The fourth-order valence-corrected chi connectivity index (χ4v) is 1.83. The van der Waals surface area contributed by atoms with Gasteiger partial charge in [-0.2, -0.15) is 0 Å². The summed E-state index contributed by atoms with van der Waals surface area (Å²) in [5.74, 6) is 0.800. The molecule has 2 unspecified atom stereocenters. The molecule has 1 aromatic carbocycles. The molecule has 0 saturated heterocycles. The minimum atomic E-state index is -0.209. The summed E-state index contributed by atoms with van der Waals surface area (Å²) in [6.07, 6.45) is 2.12. The van der Waals surface area contributed by atoms with Crippen LogP contribution in [0.25, 0.3) is 0 Å². The minimum absolute atomic E-state index is 0.203. The third-order valence-electron chi connectivity index (χ3n) is 3.19. The second kappa shape index (κ2) is 4.85. The van der Waals surface area contributed by atoms with Gasteiger partial charge in [-0.05, 0) is 43.4 Å². The Morgan fingerprint density at radius 2 is 1.94 bits per heavy atom. The van der Waals surface area contributed by atoms with E-state index >= 15 is 0 Å². The van der Waals surface area contributed by atoms with Crippen molar-refractivity contribution in [2.24, 2.45) is 5.92 Å². The van der Waals surface area contributed by atoms with Crippen molar-refractivity contribution < 1.29 is 10.2 Å². The van der Waals surface area contributed by atoms with Gasteiger partial charge in [0.05, 0.1) is 6.10 Å². The summed E-state index contributed by atoms with van der Waals surface area (Å²) >= 11 is 0. The van der Waals surface area contributed by atoms with Crippen LogP contribution in [0.15, 0.2) is 24.3 Å². The maximum Gasteiger partial charge on any atom is 0.115 e. The van der Waals surface area contributed by atoms with Gasteiger partial charge in [-0.15, -0.1) is 0 Å². The molecule has 3 heteroatoms. The van der Waals surface area contributed by atoms with E-state index < -0.39 is 0 Å². The average molecular weight is 221 g/mol. The van der Waals surface area contributed by atoms with Crippen LogP contribution in [0.2, 0.25) is 0 Å². The van der Waals surface area contributed by atoms with Crippen molar-refractivity contribution in [2.45, 2.75) is 31.9 Å². The predicted molar refractivity (Wildman–Crippen MR) is 63.3 cm³/mol. The molecule has 88 valence electrons. The molecule has 0 amide bonds. The lowest BCUT2D eigenvalue weighted by Crippen LogP contribution is -2.30. The Labute approximate surface area is 96.1 Å². The Bertz CT molecular complexity index is 332. The van der Waals surface area contributed by atoms with Crippen LogP contribution in [0.3, 0.4) is 0 Å². The van der Waals surface area contributed by atoms with E-state index in [2.05, 4.69) is 12.2 Å². The number of hydrogen-bond donors (Lipinski definition) is 3. The van der Waals surface area contributed by atoms with Crippen molar-refractivity contribution in [1.29, 1.82) is 0 Å². The fourth-order valence-electron chi connectivity index (χ4n) is 1.83. The van der Waals surface area contributed by atoms with Crippen LogP contribution in [0, 0.1) is 5.92 Å². The number of benzene rings is 1. The largest absolute Gasteiger partial charge is 0.508 e. The molecule has 1 aromatic rings. The lowest BCUT2D eigenvalue weighted by molar-refractivity contribution is 0.145. The Hall–Kier alpha value is -1.06. The molecule has 0 bridgehead atoms. The molecule has 2 rings (SSSR count). The minimum Gasteiger partial charge on any atom is -0.508 e. The van der Waals surface area contributed by atoms with Crippen LogP contribution >= 0.6 is 0 Å². The molecule has 3 nitrogen and oxygen atoms in total. The molecule has 1 saturated carbocycles. The first-order chi connectivity index (χ1) is 7.66. The van der Waals surface area contributed by atoms with E-state index in [-0.39, 0.29) is 17.9 Å². The highest BCUT2D eigenvalue weighted by Crippen LogP contribution is 2.32. The van der Waals surface area contributed by atoms with Crippen molar-refractivity contribution in [3.8, 4) is 5.75 Å². The SMILES string of the molecule is CC(NCC(O)C1CC1)c1ccc(O)cc1. The van der Waals surface area contributed by atoms with Crippen molar-refractivity contribution >= 4 is 0 Å². The molecule has 0 spiro atoms. The molecule has 0 heterocycles. The number of aliphatic hydroxyl groups excluding tert-OH is 1. The zero-order chi connectivity index (χ0) is 11.5. The summed E-state index contributed by atoms with van der Waals surface area (Å²) in [6, 6.07) is 7.37. The topological polar surface area (TPSA) is 52.5 Å². The van der Waals surface area contributed by atoms with Gasteiger partial charge >= 0.3 is 0 Å². The zero-order valence-electron chi connectivity index (χ0n) is 9.56. The molecule has 16 heavy (non-hydrogen) atoms. The quantitative estimate of drug-likeness (QED) is 0.711. The number of phenolic OH excluding ortho intramolecular Hbond substituents is 1. The van der Waals surface area contributed by atoms with Gasteiger partial charge in [0.25, 0.3) is 0 Å². The van der Waals surface area contributed by atoms with Crippen LogP contribution in [0.4, 0.5) is 0 Å². The molecule has 0 aromatic heterocycles.